The predicted octanol–water partition coefficient (Wildman–Crippen LogP) is 3.89. The summed E-state index contributed by atoms with van der Waals surface area (Å²) in [6.07, 6.45) is -4.46. The molecule has 0 amide bonds. The summed E-state index contributed by atoms with van der Waals surface area (Å²) in [4.78, 5) is 0. The van der Waals surface area contributed by atoms with Gasteiger partial charge in [0.15, 0.2) is 18.2 Å². The average Bonchev–Trinajstić information content (AvgIpc) is 2.14. The first kappa shape index (κ1) is 12.8. The first-order valence-electron chi connectivity index (χ1n) is 4.78. The lowest BCUT2D eigenvalue weighted by molar-refractivity contribution is -0.153. The second kappa shape index (κ2) is 4.72. The van der Waals surface area contributed by atoms with Crippen LogP contribution < -0.4 is 4.74 Å². The zero-order chi connectivity index (χ0) is 12.3. The van der Waals surface area contributed by atoms with Gasteiger partial charge in [0.1, 0.15) is 0 Å². The van der Waals surface area contributed by atoms with Gasteiger partial charge in [0.25, 0.3) is 0 Å². The minimum absolute atomic E-state index is 0.105. The molecule has 0 aliphatic rings. The van der Waals surface area contributed by atoms with Gasteiger partial charge in [0, 0.05) is 0 Å². The Kier molecular flexibility index (Phi) is 3.78. The lowest BCUT2D eigenvalue weighted by Crippen LogP contribution is -2.19. The van der Waals surface area contributed by atoms with E-state index < -0.39 is 18.6 Å². The molecule has 0 unspecified atom stereocenters. The number of halogens is 4. The molecule has 0 aliphatic heterocycles. The van der Waals surface area contributed by atoms with Crippen molar-refractivity contribution in [2.24, 2.45) is 0 Å². The molecule has 0 aliphatic carbocycles. The van der Waals surface area contributed by atoms with E-state index in [-0.39, 0.29) is 11.7 Å². The number of rotatable bonds is 3. The van der Waals surface area contributed by atoms with Crippen molar-refractivity contribution in [3.63, 3.8) is 0 Å². The highest BCUT2D eigenvalue weighted by Gasteiger charge is 2.29. The van der Waals surface area contributed by atoms with Gasteiger partial charge in [-0.1, -0.05) is 19.9 Å². The highest BCUT2D eigenvalue weighted by Crippen LogP contribution is 2.25. The van der Waals surface area contributed by atoms with Gasteiger partial charge in [-0.05, 0) is 23.6 Å². The van der Waals surface area contributed by atoms with E-state index in [0.717, 1.165) is 11.6 Å². The van der Waals surface area contributed by atoms with Gasteiger partial charge in [0.2, 0.25) is 0 Å². The maximum Gasteiger partial charge on any atom is 0.422 e. The highest BCUT2D eigenvalue weighted by molar-refractivity contribution is 5.32. The van der Waals surface area contributed by atoms with E-state index >= 15 is 0 Å². The summed E-state index contributed by atoms with van der Waals surface area (Å²) in [5.41, 5.74) is 0.735. The molecule has 0 spiro atoms. The number of hydrogen-bond acceptors (Lipinski definition) is 1. The van der Waals surface area contributed by atoms with Crippen molar-refractivity contribution >= 4 is 0 Å². The van der Waals surface area contributed by atoms with E-state index in [4.69, 9.17) is 0 Å². The van der Waals surface area contributed by atoms with Crippen LogP contribution in [0.4, 0.5) is 17.6 Å². The highest BCUT2D eigenvalue weighted by atomic mass is 19.4. The van der Waals surface area contributed by atoms with E-state index in [1.807, 2.05) is 13.8 Å². The third kappa shape index (κ3) is 3.72. The van der Waals surface area contributed by atoms with Crippen molar-refractivity contribution in [3.05, 3.63) is 29.6 Å². The molecule has 0 heterocycles. The average molecular weight is 236 g/mol. The Hall–Kier alpha value is -1.26. The topological polar surface area (TPSA) is 9.23 Å². The van der Waals surface area contributed by atoms with Crippen LogP contribution in [0.15, 0.2) is 18.2 Å². The van der Waals surface area contributed by atoms with Gasteiger partial charge < -0.3 is 4.74 Å². The maximum atomic E-state index is 13.1. The number of benzene rings is 1. The molecule has 0 N–H and O–H groups in total. The minimum Gasteiger partial charge on any atom is -0.481 e. The Labute approximate surface area is 91.0 Å². The van der Waals surface area contributed by atoms with E-state index in [2.05, 4.69) is 4.74 Å². The van der Waals surface area contributed by atoms with Gasteiger partial charge in [-0.3, -0.25) is 0 Å². The molecule has 0 bridgehead atoms. The molecule has 0 aromatic heterocycles. The van der Waals surface area contributed by atoms with Crippen molar-refractivity contribution in [1.82, 2.24) is 0 Å². The standard InChI is InChI=1S/C11H12F4O/c1-7(2)8-3-4-9(12)10(5-8)16-6-11(13,14)15/h3-5,7H,6H2,1-2H3. The van der Waals surface area contributed by atoms with Crippen LogP contribution in [0.1, 0.15) is 25.3 Å². The second-order valence-electron chi connectivity index (χ2n) is 3.75. The summed E-state index contributed by atoms with van der Waals surface area (Å²) < 4.78 is 53.2. The van der Waals surface area contributed by atoms with Gasteiger partial charge in [-0.2, -0.15) is 13.2 Å². The van der Waals surface area contributed by atoms with Gasteiger partial charge >= 0.3 is 6.18 Å². The lowest BCUT2D eigenvalue weighted by atomic mass is 10.0. The molecule has 0 fully saturated rings. The van der Waals surface area contributed by atoms with Crippen LogP contribution in [-0.4, -0.2) is 12.8 Å². The zero-order valence-electron chi connectivity index (χ0n) is 8.94. The first-order valence-corrected chi connectivity index (χ1v) is 4.78. The molecule has 5 heteroatoms. The van der Waals surface area contributed by atoms with Crippen molar-refractivity contribution in [2.45, 2.75) is 25.9 Å². The van der Waals surface area contributed by atoms with Crippen molar-refractivity contribution in [1.29, 1.82) is 0 Å². The molecular formula is C11H12F4O. The fourth-order valence-corrected chi connectivity index (χ4v) is 1.15. The van der Waals surface area contributed by atoms with E-state index in [0.29, 0.717) is 0 Å². The largest absolute Gasteiger partial charge is 0.481 e. The van der Waals surface area contributed by atoms with E-state index in [1.54, 1.807) is 0 Å². The molecular weight excluding hydrogens is 224 g/mol. The molecule has 1 aromatic rings. The van der Waals surface area contributed by atoms with Crippen LogP contribution >= 0.6 is 0 Å². The van der Waals surface area contributed by atoms with Crippen LogP contribution in [0.3, 0.4) is 0 Å². The Bertz CT molecular complexity index is 357. The summed E-state index contributed by atoms with van der Waals surface area (Å²) in [5.74, 6) is -1.04. The fraction of sp³-hybridized carbons (Fsp3) is 0.455. The smallest absolute Gasteiger partial charge is 0.422 e. The Morgan fingerprint density at radius 1 is 1.25 bits per heavy atom. The molecule has 1 aromatic carbocycles. The third-order valence-corrected chi connectivity index (χ3v) is 2.01. The summed E-state index contributed by atoms with van der Waals surface area (Å²) in [6, 6.07) is 3.94. The second-order valence-corrected chi connectivity index (χ2v) is 3.75. The third-order valence-electron chi connectivity index (χ3n) is 2.01. The summed E-state index contributed by atoms with van der Waals surface area (Å²) in [5, 5.41) is 0. The zero-order valence-corrected chi connectivity index (χ0v) is 8.94. The predicted molar refractivity (Wildman–Crippen MR) is 52.0 cm³/mol. The lowest BCUT2D eigenvalue weighted by Gasteiger charge is -2.12. The Balaban J connectivity index is 2.82. The van der Waals surface area contributed by atoms with Crippen LogP contribution in [-0.2, 0) is 0 Å². The quantitative estimate of drug-likeness (QED) is 0.723. The normalized spacial score (nSPS) is 11.9. The van der Waals surface area contributed by atoms with Crippen LogP contribution in [0.5, 0.6) is 5.75 Å². The minimum atomic E-state index is -4.46. The number of ether oxygens (including phenoxy) is 1. The SMILES string of the molecule is CC(C)c1ccc(F)c(OCC(F)(F)F)c1. The number of hydrogen-bond donors (Lipinski definition) is 0. The molecule has 90 valence electrons. The van der Waals surface area contributed by atoms with E-state index in [1.165, 1.54) is 12.1 Å². The van der Waals surface area contributed by atoms with Crippen LogP contribution in [0.2, 0.25) is 0 Å². The molecule has 1 rings (SSSR count). The van der Waals surface area contributed by atoms with Crippen molar-refractivity contribution in [2.75, 3.05) is 6.61 Å². The maximum absolute atomic E-state index is 13.1. The Morgan fingerprint density at radius 3 is 2.38 bits per heavy atom. The summed E-state index contributed by atoms with van der Waals surface area (Å²) >= 11 is 0. The number of alkyl halides is 3. The fourth-order valence-electron chi connectivity index (χ4n) is 1.15. The molecule has 16 heavy (non-hydrogen) atoms. The molecule has 0 saturated heterocycles. The molecule has 0 radical (unpaired) electrons. The summed E-state index contributed by atoms with van der Waals surface area (Å²) in [7, 11) is 0. The summed E-state index contributed by atoms with van der Waals surface area (Å²) in [6.45, 7) is 2.24. The van der Waals surface area contributed by atoms with Crippen molar-refractivity contribution < 1.29 is 22.3 Å². The Morgan fingerprint density at radius 2 is 1.88 bits per heavy atom. The van der Waals surface area contributed by atoms with Gasteiger partial charge in [-0.15, -0.1) is 0 Å². The van der Waals surface area contributed by atoms with Gasteiger partial charge in [-0.25, -0.2) is 4.39 Å². The van der Waals surface area contributed by atoms with Crippen molar-refractivity contribution in [3.8, 4) is 5.75 Å². The molecule has 1 nitrogen and oxygen atoms in total. The van der Waals surface area contributed by atoms with Crippen LogP contribution in [0.25, 0.3) is 0 Å². The van der Waals surface area contributed by atoms with Crippen LogP contribution in [0, 0.1) is 5.82 Å². The molecule has 0 atom stereocenters. The van der Waals surface area contributed by atoms with E-state index in [9.17, 15) is 17.6 Å². The molecule has 0 saturated carbocycles. The monoisotopic (exact) mass is 236 g/mol. The van der Waals surface area contributed by atoms with Gasteiger partial charge in [0.05, 0.1) is 0 Å². The first-order chi connectivity index (χ1) is 7.29.